The maximum Gasteiger partial charge on any atom is 0.259 e. The summed E-state index contributed by atoms with van der Waals surface area (Å²) >= 11 is 0. The Kier molecular flexibility index (Phi) is 2.81. The number of nitrogens with zero attached hydrogens (tertiary/aromatic N) is 2. The van der Waals surface area contributed by atoms with E-state index in [0.29, 0.717) is 17.1 Å². The van der Waals surface area contributed by atoms with Crippen LogP contribution in [0.5, 0.6) is 0 Å². The van der Waals surface area contributed by atoms with E-state index >= 15 is 0 Å². The molecule has 2 aromatic heterocycles. The van der Waals surface area contributed by atoms with Crippen molar-refractivity contribution in [3.8, 4) is 0 Å². The summed E-state index contributed by atoms with van der Waals surface area (Å²) in [5.41, 5.74) is 0.974. The third kappa shape index (κ3) is 2.00. The fourth-order valence-corrected chi connectivity index (χ4v) is 1.25. The second kappa shape index (κ2) is 4.43. The molecule has 0 aliphatic rings. The number of rotatable bonds is 3. The minimum absolute atomic E-state index is 0.263. The van der Waals surface area contributed by atoms with Crippen molar-refractivity contribution >= 4 is 17.4 Å². The standard InChI is InChI=1S/C10H10N4O2/c1-11-9-8(3-2-4-12-9)10(15)14-7-5-13-16-6-7/h2-6H,1H3,(H,11,12)(H,14,15). The molecule has 1 amide bonds. The Hall–Kier alpha value is -2.37. The molecule has 0 atom stereocenters. The minimum atomic E-state index is -0.263. The van der Waals surface area contributed by atoms with Crippen LogP contribution in [-0.2, 0) is 0 Å². The molecule has 0 saturated heterocycles. The topological polar surface area (TPSA) is 80.0 Å². The molecule has 2 heterocycles. The molecule has 82 valence electrons. The predicted octanol–water partition coefficient (Wildman–Crippen LogP) is 1.36. The van der Waals surface area contributed by atoms with Crippen LogP contribution in [0.1, 0.15) is 10.4 Å². The number of carbonyl (C=O) groups is 1. The molecule has 2 aromatic rings. The zero-order chi connectivity index (χ0) is 11.4. The molecule has 2 rings (SSSR count). The third-order valence-electron chi connectivity index (χ3n) is 1.98. The van der Waals surface area contributed by atoms with E-state index in [1.807, 2.05) is 0 Å². The largest absolute Gasteiger partial charge is 0.372 e. The Bertz CT molecular complexity index is 481. The summed E-state index contributed by atoms with van der Waals surface area (Å²) in [4.78, 5) is 15.9. The van der Waals surface area contributed by atoms with Crippen molar-refractivity contribution in [2.45, 2.75) is 0 Å². The Labute approximate surface area is 91.7 Å². The molecule has 0 aliphatic heterocycles. The minimum Gasteiger partial charge on any atom is -0.372 e. The van der Waals surface area contributed by atoms with Gasteiger partial charge in [0.2, 0.25) is 0 Å². The van der Waals surface area contributed by atoms with Crippen molar-refractivity contribution in [1.82, 2.24) is 10.1 Å². The van der Waals surface area contributed by atoms with Gasteiger partial charge in [0.25, 0.3) is 5.91 Å². The van der Waals surface area contributed by atoms with Crippen LogP contribution in [0.15, 0.2) is 35.3 Å². The number of nitrogens with one attached hydrogen (secondary N) is 2. The lowest BCUT2D eigenvalue weighted by Crippen LogP contribution is -2.14. The van der Waals surface area contributed by atoms with Crippen LogP contribution in [-0.4, -0.2) is 23.1 Å². The van der Waals surface area contributed by atoms with Crippen molar-refractivity contribution in [2.24, 2.45) is 0 Å². The van der Waals surface area contributed by atoms with Crippen molar-refractivity contribution in [1.29, 1.82) is 0 Å². The van der Waals surface area contributed by atoms with Gasteiger partial charge in [-0.3, -0.25) is 4.79 Å². The number of hydrogen-bond donors (Lipinski definition) is 2. The summed E-state index contributed by atoms with van der Waals surface area (Å²) in [5, 5.41) is 8.97. The van der Waals surface area contributed by atoms with Crippen LogP contribution < -0.4 is 10.6 Å². The van der Waals surface area contributed by atoms with Crippen LogP contribution in [0.2, 0.25) is 0 Å². The lowest BCUT2D eigenvalue weighted by atomic mass is 10.2. The van der Waals surface area contributed by atoms with Gasteiger partial charge in [0.1, 0.15) is 17.8 Å². The first kappa shape index (κ1) is 10.2. The lowest BCUT2D eigenvalue weighted by molar-refractivity contribution is 0.102. The molecular weight excluding hydrogens is 208 g/mol. The van der Waals surface area contributed by atoms with E-state index in [1.54, 1.807) is 25.4 Å². The van der Waals surface area contributed by atoms with Crippen LogP contribution in [0.4, 0.5) is 11.5 Å². The van der Waals surface area contributed by atoms with Gasteiger partial charge in [0.15, 0.2) is 0 Å². The Morgan fingerprint density at radius 1 is 1.50 bits per heavy atom. The smallest absolute Gasteiger partial charge is 0.259 e. The van der Waals surface area contributed by atoms with Gasteiger partial charge >= 0.3 is 0 Å². The van der Waals surface area contributed by atoms with Gasteiger partial charge in [-0.15, -0.1) is 0 Å². The third-order valence-corrected chi connectivity index (χ3v) is 1.98. The van der Waals surface area contributed by atoms with Gasteiger partial charge in [0, 0.05) is 13.2 Å². The van der Waals surface area contributed by atoms with Crippen molar-refractivity contribution < 1.29 is 9.32 Å². The molecule has 6 nitrogen and oxygen atoms in total. The highest BCUT2D eigenvalue weighted by Gasteiger charge is 2.11. The van der Waals surface area contributed by atoms with E-state index in [-0.39, 0.29) is 5.91 Å². The van der Waals surface area contributed by atoms with E-state index in [4.69, 9.17) is 0 Å². The Balaban J connectivity index is 2.21. The number of amides is 1. The zero-order valence-electron chi connectivity index (χ0n) is 8.60. The SMILES string of the molecule is CNc1ncccc1C(=O)Nc1cnoc1. The van der Waals surface area contributed by atoms with E-state index < -0.39 is 0 Å². The second-order valence-corrected chi connectivity index (χ2v) is 3.02. The van der Waals surface area contributed by atoms with Crippen LogP contribution in [0.3, 0.4) is 0 Å². The average molecular weight is 218 g/mol. The number of carbonyl (C=O) groups excluding carboxylic acids is 1. The first-order chi connectivity index (χ1) is 7.81. The van der Waals surface area contributed by atoms with Crippen LogP contribution in [0.25, 0.3) is 0 Å². The molecule has 0 fully saturated rings. The fourth-order valence-electron chi connectivity index (χ4n) is 1.25. The van der Waals surface area contributed by atoms with Crippen molar-refractivity contribution in [3.63, 3.8) is 0 Å². The van der Waals surface area contributed by atoms with Gasteiger partial charge in [-0.2, -0.15) is 0 Å². The molecule has 16 heavy (non-hydrogen) atoms. The van der Waals surface area contributed by atoms with Crippen LogP contribution >= 0.6 is 0 Å². The van der Waals surface area contributed by atoms with Gasteiger partial charge in [0.05, 0.1) is 11.8 Å². The second-order valence-electron chi connectivity index (χ2n) is 3.02. The molecule has 0 unspecified atom stereocenters. The van der Waals surface area contributed by atoms with Gasteiger partial charge < -0.3 is 15.2 Å². The number of aromatic nitrogens is 2. The summed E-state index contributed by atoms with van der Waals surface area (Å²) in [5.74, 6) is 0.261. The first-order valence-corrected chi connectivity index (χ1v) is 4.65. The first-order valence-electron chi connectivity index (χ1n) is 4.65. The van der Waals surface area contributed by atoms with Gasteiger partial charge in [-0.25, -0.2) is 4.98 Å². The summed E-state index contributed by atoms with van der Waals surface area (Å²) < 4.78 is 4.61. The van der Waals surface area contributed by atoms with Crippen molar-refractivity contribution in [3.05, 3.63) is 36.4 Å². The normalized spacial score (nSPS) is 9.81. The maximum absolute atomic E-state index is 11.8. The van der Waals surface area contributed by atoms with E-state index in [0.717, 1.165) is 0 Å². The molecule has 0 bridgehead atoms. The molecule has 0 saturated carbocycles. The van der Waals surface area contributed by atoms with Gasteiger partial charge in [-0.05, 0) is 12.1 Å². The summed E-state index contributed by atoms with van der Waals surface area (Å²) in [6.07, 6.45) is 4.39. The van der Waals surface area contributed by atoms with Crippen molar-refractivity contribution in [2.75, 3.05) is 17.7 Å². The molecule has 2 N–H and O–H groups in total. The van der Waals surface area contributed by atoms with E-state index in [1.165, 1.54) is 12.5 Å². The monoisotopic (exact) mass is 218 g/mol. The highest BCUT2D eigenvalue weighted by molar-refractivity contribution is 6.07. The van der Waals surface area contributed by atoms with E-state index in [2.05, 4.69) is 25.3 Å². The molecule has 0 aliphatic carbocycles. The van der Waals surface area contributed by atoms with Crippen LogP contribution in [0, 0.1) is 0 Å². The predicted molar refractivity (Wildman–Crippen MR) is 58.2 cm³/mol. The summed E-state index contributed by atoms with van der Waals surface area (Å²) in [6, 6.07) is 3.38. The fraction of sp³-hybridized carbons (Fsp3) is 0.100. The molecule has 0 radical (unpaired) electrons. The molecule has 0 aromatic carbocycles. The number of hydrogen-bond acceptors (Lipinski definition) is 5. The molecular formula is C10H10N4O2. The maximum atomic E-state index is 11.8. The lowest BCUT2D eigenvalue weighted by Gasteiger charge is -2.06. The Morgan fingerprint density at radius 2 is 2.38 bits per heavy atom. The van der Waals surface area contributed by atoms with Gasteiger partial charge in [-0.1, -0.05) is 5.16 Å². The quantitative estimate of drug-likeness (QED) is 0.813. The molecule has 0 spiro atoms. The number of pyridine rings is 1. The van der Waals surface area contributed by atoms with E-state index in [9.17, 15) is 4.79 Å². The summed E-state index contributed by atoms with van der Waals surface area (Å²) in [7, 11) is 1.71. The molecule has 6 heteroatoms. The zero-order valence-corrected chi connectivity index (χ0v) is 8.60. The highest BCUT2D eigenvalue weighted by atomic mass is 16.5. The summed E-state index contributed by atoms with van der Waals surface area (Å²) in [6.45, 7) is 0. The average Bonchev–Trinajstić information content (AvgIpc) is 2.81. The number of anilines is 2. The Morgan fingerprint density at radius 3 is 3.06 bits per heavy atom. The highest BCUT2D eigenvalue weighted by Crippen LogP contribution is 2.13.